The number of nitrogens with one attached hydrogen (secondary N) is 3. The van der Waals surface area contributed by atoms with Crippen molar-refractivity contribution in [1.82, 2.24) is 5.32 Å². The molecule has 1 aliphatic heterocycles. The summed E-state index contributed by atoms with van der Waals surface area (Å²) in [5.41, 5.74) is 6.29. The fourth-order valence-electron chi connectivity index (χ4n) is 4.77. The molecule has 1 aliphatic rings. The third-order valence-electron chi connectivity index (χ3n) is 6.50. The highest BCUT2D eigenvalue weighted by Gasteiger charge is 2.36. The third-order valence-corrected chi connectivity index (χ3v) is 8.11. The first kappa shape index (κ1) is 29.3. The molecule has 0 unspecified atom stereocenters. The van der Waals surface area contributed by atoms with E-state index in [-0.39, 0.29) is 17.6 Å². The molecule has 0 fully saturated rings. The van der Waals surface area contributed by atoms with Crippen molar-refractivity contribution < 1.29 is 9.59 Å². The minimum Gasteiger partial charge on any atom is -0.353 e. The fraction of sp³-hybridized carbons (Fsp3) is 0.194. The quantitative estimate of drug-likeness (QED) is 0.263. The Labute approximate surface area is 248 Å². The number of hydrogen-bond acceptors (Lipinski definition) is 5. The molecule has 0 bridgehead atoms. The van der Waals surface area contributed by atoms with Crippen LogP contribution in [0.25, 0.3) is 0 Å². The van der Waals surface area contributed by atoms with Crippen molar-refractivity contribution in [1.29, 1.82) is 5.26 Å². The molecular formula is C31H28Cl2N4O2S. The Balaban J connectivity index is 1.64. The zero-order valence-electron chi connectivity index (χ0n) is 22.5. The number of dihydropyridines is 1. The van der Waals surface area contributed by atoms with Gasteiger partial charge in [0.25, 0.3) is 5.91 Å². The van der Waals surface area contributed by atoms with Crippen LogP contribution in [0.15, 0.2) is 82.5 Å². The summed E-state index contributed by atoms with van der Waals surface area (Å²) in [4.78, 5) is 26.5. The Morgan fingerprint density at radius 3 is 2.25 bits per heavy atom. The van der Waals surface area contributed by atoms with Crippen LogP contribution in [0.5, 0.6) is 0 Å². The molecule has 3 aromatic carbocycles. The van der Waals surface area contributed by atoms with Gasteiger partial charge in [0.2, 0.25) is 5.91 Å². The molecule has 3 aromatic rings. The molecule has 0 radical (unpaired) electrons. The second kappa shape index (κ2) is 12.6. The second-order valence-electron chi connectivity index (χ2n) is 9.54. The first-order chi connectivity index (χ1) is 19.1. The summed E-state index contributed by atoms with van der Waals surface area (Å²) in [5, 5.41) is 20.9. The van der Waals surface area contributed by atoms with Gasteiger partial charge in [-0.15, -0.1) is 0 Å². The Morgan fingerprint density at radius 1 is 0.975 bits per heavy atom. The van der Waals surface area contributed by atoms with Gasteiger partial charge in [-0.1, -0.05) is 70.9 Å². The molecular weight excluding hydrogens is 563 g/mol. The maximum Gasteiger partial charge on any atom is 0.254 e. The lowest BCUT2D eigenvalue weighted by atomic mass is 9.82. The zero-order valence-corrected chi connectivity index (χ0v) is 24.8. The Bertz CT molecular complexity index is 1570. The van der Waals surface area contributed by atoms with Crippen molar-refractivity contribution >= 4 is 58.2 Å². The highest BCUT2D eigenvalue weighted by Crippen LogP contribution is 2.43. The van der Waals surface area contributed by atoms with Crippen LogP contribution in [0.4, 0.5) is 11.4 Å². The minimum atomic E-state index is -0.737. The van der Waals surface area contributed by atoms with Gasteiger partial charge in [-0.05, 0) is 74.7 Å². The monoisotopic (exact) mass is 590 g/mol. The summed E-state index contributed by atoms with van der Waals surface area (Å²) < 4.78 is 0. The number of allylic oxidation sites excluding steroid dienone is 2. The van der Waals surface area contributed by atoms with E-state index in [1.54, 1.807) is 49.4 Å². The number of hydrogen-bond donors (Lipinski definition) is 3. The van der Waals surface area contributed by atoms with E-state index in [4.69, 9.17) is 23.2 Å². The van der Waals surface area contributed by atoms with Crippen LogP contribution >= 0.6 is 35.0 Å². The molecule has 40 heavy (non-hydrogen) atoms. The van der Waals surface area contributed by atoms with Gasteiger partial charge in [-0.2, -0.15) is 5.26 Å². The molecule has 4 rings (SSSR count). The number of benzene rings is 3. The average Bonchev–Trinajstić information content (AvgIpc) is 2.90. The van der Waals surface area contributed by atoms with E-state index in [0.29, 0.717) is 43.2 Å². The lowest BCUT2D eigenvalue weighted by molar-refractivity contribution is -0.114. The fourth-order valence-corrected chi connectivity index (χ4v) is 6.03. The first-order valence-corrected chi connectivity index (χ1v) is 14.3. The second-order valence-corrected chi connectivity index (χ2v) is 11.4. The molecule has 0 saturated carbocycles. The lowest BCUT2D eigenvalue weighted by Gasteiger charge is -2.30. The van der Waals surface area contributed by atoms with Gasteiger partial charge in [-0.25, -0.2) is 0 Å². The number of aryl methyl sites for hydroxylation is 3. The number of thioether (sulfide) groups is 1. The maximum absolute atomic E-state index is 13.6. The van der Waals surface area contributed by atoms with Gasteiger partial charge < -0.3 is 16.0 Å². The van der Waals surface area contributed by atoms with E-state index in [1.807, 2.05) is 39.0 Å². The van der Waals surface area contributed by atoms with E-state index in [9.17, 15) is 14.9 Å². The van der Waals surface area contributed by atoms with Gasteiger partial charge in [-0.3, -0.25) is 9.59 Å². The number of rotatable bonds is 7. The summed E-state index contributed by atoms with van der Waals surface area (Å²) in [6, 6.07) is 20.2. The number of carbonyl (C=O) groups excluding carboxylic acids is 2. The average molecular weight is 592 g/mol. The molecule has 1 heterocycles. The normalized spacial score (nSPS) is 14.9. The summed E-state index contributed by atoms with van der Waals surface area (Å²) in [6.45, 7) is 7.71. The van der Waals surface area contributed by atoms with Crippen LogP contribution in [-0.4, -0.2) is 17.6 Å². The topological polar surface area (TPSA) is 94.0 Å². The van der Waals surface area contributed by atoms with Crippen LogP contribution < -0.4 is 16.0 Å². The number of amides is 2. The summed E-state index contributed by atoms with van der Waals surface area (Å²) in [7, 11) is 0. The van der Waals surface area contributed by atoms with Crippen LogP contribution in [0.2, 0.25) is 10.0 Å². The van der Waals surface area contributed by atoms with E-state index in [1.165, 1.54) is 11.8 Å². The maximum atomic E-state index is 13.6. The number of nitriles is 1. The van der Waals surface area contributed by atoms with Crippen LogP contribution in [0.3, 0.4) is 0 Å². The summed E-state index contributed by atoms with van der Waals surface area (Å²) >= 11 is 13.8. The number of anilines is 2. The molecule has 3 N–H and O–H groups in total. The molecule has 1 atom stereocenters. The summed E-state index contributed by atoms with van der Waals surface area (Å²) in [6.07, 6.45) is 0. The molecule has 6 nitrogen and oxygen atoms in total. The lowest BCUT2D eigenvalue weighted by Crippen LogP contribution is -2.31. The van der Waals surface area contributed by atoms with Crippen molar-refractivity contribution in [3.63, 3.8) is 0 Å². The van der Waals surface area contributed by atoms with Gasteiger partial charge in [0.1, 0.15) is 0 Å². The van der Waals surface area contributed by atoms with E-state index in [0.717, 1.165) is 22.4 Å². The van der Waals surface area contributed by atoms with Gasteiger partial charge in [0.15, 0.2) is 0 Å². The van der Waals surface area contributed by atoms with Crippen LogP contribution in [0.1, 0.15) is 35.1 Å². The number of nitrogens with zero attached hydrogens (tertiary/aromatic N) is 1. The van der Waals surface area contributed by atoms with Crippen molar-refractivity contribution in [3.05, 3.63) is 115 Å². The molecule has 0 saturated heterocycles. The first-order valence-electron chi connectivity index (χ1n) is 12.5. The van der Waals surface area contributed by atoms with Gasteiger partial charge in [0.05, 0.1) is 28.3 Å². The van der Waals surface area contributed by atoms with E-state index < -0.39 is 5.92 Å². The van der Waals surface area contributed by atoms with E-state index >= 15 is 0 Å². The molecule has 0 spiro atoms. The molecule has 2 amide bonds. The summed E-state index contributed by atoms with van der Waals surface area (Å²) in [5.74, 6) is -1.25. The van der Waals surface area contributed by atoms with Crippen molar-refractivity contribution in [3.8, 4) is 6.07 Å². The van der Waals surface area contributed by atoms with Crippen molar-refractivity contribution in [2.24, 2.45) is 0 Å². The largest absolute Gasteiger partial charge is 0.353 e. The number of carbonyl (C=O) groups is 2. The predicted molar refractivity (Wildman–Crippen MR) is 164 cm³/mol. The third kappa shape index (κ3) is 6.53. The predicted octanol–water partition coefficient (Wildman–Crippen LogP) is 7.63. The zero-order chi connectivity index (χ0) is 29.0. The minimum absolute atomic E-state index is 0.0646. The van der Waals surface area contributed by atoms with Crippen molar-refractivity contribution in [2.75, 3.05) is 16.4 Å². The number of halogens is 2. The Morgan fingerprint density at radius 2 is 1.62 bits per heavy atom. The van der Waals surface area contributed by atoms with Gasteiger partial charge in [0, 0.05) is 32.7 Å². The standard InChI is InChI=1S/C31H28Cl2N4O2S/c1-17-13-18(2)29(19(3)14-17)37-26(38)16-40-31-24(15-34)28(23-7-5-6-8-25(23)33)27(20(4)35-31)30(39)36-22-11-9-21(32)10-12-22/h5-14,28,35H,16H2,1-4H3,(H,36,39)(H,37,38)/t28-/m0/s1. The molecule has 204 valence electrons. The Kier molecular flexibility index (Phi) is 9.26. The van der Waals surface area contributed by atoms with Crippen LogP contribution in [-0.2, 0) is 9.59 Å². The van der Waals surface area contributed by atoms with Crippen LogP contribution in [0, 0.1) is 32.1 Å². The highest BCUT2D eigenvalue weighted by atomic mass is 35.5. The molecule has 0 aliphatic carbocycles. The molecule has 0 aromatic heterocycles. The van der Waals surface area contributed by atoms with Crippen molar-refractivity contribution in [2.45, 2.75) is 33.6 Å². The molecule has 9 heteroatoms. The van der Waals surface area contributed by atoms with E-state index in [2.05, 4.69) is 22.0 Å². The SMILES string of the molecule is CC1=C(C(=O)Nc2ccc(Cl)cc2)[C@@H](c2ccccc2Cl)C(C#N)=C(SCC(=O)Nc2c(C)cc(C)cc2C)N1. The Hall–Kier alpha value is -3.70. The highest BCUT2D eigenvalue weighted by molar-refractivity contribution is 8.03. The smallest absolute Gasteiger partial charge is 0.254 e. The van der Waals surface area contributed by atoms with Gasteiger partial charge >= 0.3 is 0 Å².